The van der Waals surface area contributed by atoms with Crippen LogP contribution in [-0.4, -0.2) is 67.4 Å². The Bertz CT molecular complexity index is 1270. The number of ether oxygens (including phenoxy) is 1. The van der Waals surface area contributed by atoms with Crippen LogP contribution in [-0.2, 0) is 4.74 Å². The van der Waals surface area contributed by atoms with Crippen LogP contribution in [0.3, 0.4) is 0 Å². The Morgan fingerprint density at radius 2 is 2.00 bits per heavy atom. The molecule has 0 saturated heterocycles. The van der Waals surface area contributed by atoms with Gasteiger partial charge in [0.2, 0.25) is 5.95 Å². The highest BCUT2D eigenvalue weighted by atomic mass is 16.5. The van der Waals surface area contributed by atoms with Crippen molar-refractivity contribution < 1.29 is 14.6 Å². The molecule has 1 aromatic carbocycles. The second kappa shape index (κ2) is 10.8. The molecule has 11 heteroatoms. The molecule has 4 aromatic rings. The lowest BCUT2D eigenvalue weighted by atomic mass is 10.2. The van der Waals surface area contributed by atoms with Crippen molar-refractivity contribution in [2.24, 2.45) is 0 Å². The minimum absolute atomic E-state index is 0.353. The molecule has 34 heavy (non-hydrogen) atoms. The first-order chi connectivity index (χ1) is 16.5. The third-order valence-corrected chi connectivity index (χ3v) is 5.52. The smallest absolute Gasteiger partial charge is 0.404 e. The van der Waals surface area contributed by atoms with E-state index in [0.29, 0.717) is 36.3 Å². The Kier molecular flexibility index (Phi) is 7.43. The number of nitrogens with one attached hydrogen (secondary N) is 2. The number of fused-ring (bicyclic) bond motifs is 2. The van der Waals surface area contributed by atoms with Crippen LogP contribution >= 0.6 is 0 Å². The minimum atomic E-state index is -1.01. The van der Waals surface area contributed by atoms with Crippen LogP contribution < -0.4 is 10.6 Å². The number of methoxy groups -OCH3 is 1. The van der Waals surface area contributed by atoms with E-state index in [0.717, 1.165) is 22.3 Å². The molecule has 0 atom stereocenters. The van der Waals surface area contributed by atoms with E-state index in [1.165, 1.54) is 32.8 Å². The molecule has 0 radical (unpaired) electrons. The number of aryl methyl sites for hydroxylation is 1. The summed E-state index contributed by atoms with van der Waals surface area (Å²) in [7, 11) is 1.52. The Balaban J connectivity index is 0.000000297. The number of amides is 1. The molecule has 1 aliphatic rings. The number of carboxylic acid groups (broad SMARTS) is 1. The molecule has 3 heterocycles. The molecule has 0 aliphatic heterocycles. The lowest BCUT2D eigenvalue weighted by Crippen LogP contribution is -2.24. The molecule has 3 aromatic heterocycles. The van der Waals surface area contributed by atoms with Gasteiger partial charge in [0.25, 0.3) is 0 Å². The number of rotatable bonds is 6. The zero-order chi connectivity index (χ0) is 23.9. The maximum absolute atomic E-state index is 9.71. The predicted molar refractivity (Wildman–Crippen MR) is 128 cm³/mol. The number of hydrogen-bond donors (Lipinski definition) is 3. The molecule has 0 bridgehead atoms. The first kappa shape index (κ1) is 23.3. The summed E-state index contributed by atoms with van der Waals surface area (Å²) in [6, 6.07) is 10.6. The van der Waals surface area contributed by atoms with Gasteiger partial charge in [0.05, 0.1) is 24.0 Å². The van der Waals surface area contributed by atoms with Gasteiger partial charge in [0.15, 0.2) is 11.2 Å². The summed E-state index contributed by atoms with van der Waals surface area (Å²) < 4.78 is 6.33. The number of benzene rings is 1. The van der Waals surface area contributed by atoms with Gasteiger partial charge in [-0.1, -0.05) is 24.1 Å². The first-order valence-corrected chi connectivity index (χ1v) is 11.2. The summed E-state index contributed by atoms with van der Waals surface area (Å²) in [4.78, 5) is 23.3. The molecule has 3 N–H and O–H groups in total. The normalized spacial score (nSPS) is 13.6. The number of carbonyl (C=O) groups is 1. The zero-order valence-electron chi connectivity index (χ0n) is 19.2. The Labute approximate surface area is 196 Å². The predicted octanol–water partition coefficient (Wildman–Crippen LogP) is 3.32. The maximum atomic E-state index is 9.71. The van der Waals surface area contributed by atoms with Crippen molar-refractivity contribution in [3.63, 3.8) is 0 Å². The standard InChI is InChI=1S/C19H19N7.C4H9NO3/c1-12-6-7-13-10-15(8-9-16(13)21-12)26-18-17(24-25-26)11-20-19(23-18)22-14-4-2-3-5-14;1-8-3-2-5-4(6)7/h6-11,14H,2-5H2,1H3,(H,20,22,23);5H,2-3H2,1H3,(H,6,7). The SMILES string of the molecule is COCCNC(=O)O.Cc1ccc2cc(-n3nnc4cnc(NC5CCCC5)nc43)ccc2n1. The van der Waals surface area contributed by atoms with Gasteiger partial charge >= 0.3 is 6.09 Å². The largest absolute Gasteiger partial charge is 0.465 e. The van der Waals surface area contributed by atoms with Crippen LogP contribution in [0.1, 0.15) is 31.4 Å². The molecule has 1 fully saturated rings. The highest BCUT2D eigenvalue weighted by molar-refractivity contribution is 5.82. The molecule has 1 saturated carbocycles. The maximum Gasteiger partial charge on any atom is 0.404 e. The van der Waals surface area contributed by atoms with Gasteiger partial charge < -0.3 is 20.5 Å². The zero-order valence-corrected chi connectivity index (χ0v) is 19.2. The van der Waals surface area contributed by atoms with Crippen LogP contribution in [0.4, 0.5) is 10.7 Å². The third-order valence-electron chi connectivity index (χ3n) is 5.52. The Morgan fingerprint density at radius 3 is 2.76 bits per heavy atom. The topological polar surface area (TPSA) is 140 Å². The summed E-state index contributed by atoms with van der Waals surface area (Å²) in [6.45, 7) is 2.77. The number of nitrogens with zero attached hydrogens (tertiary/aromatic N) is 6. The molecule has 1 amide bonds. The Hall–Kier alpha value is -3.86. The molecular weight excluding hydrogens is 436 g/mol. The molecule has 11 nitrogen and oxygen atoms in total. The van der Waals surface area contributed by atoms with E-state index in [1.807, 2.05) is 25.1 Å². The van der Waals surface area contributed by atoms with Crippen molar-refractivity contribution in [1.82, 2.24) is 35.3 Å². The highest BCUT2D eigenvalue weighted by Gasteiger charge is 2.17. The summed E-state index contributed by atoms with van der Waals surface area (Å²) in [5.41, 5.74) is 4.28. The second-order valence-electron chi connectivity index (χ2n) is 8.08. The molecule has 0 spiro atoms. The van der Waals surface area contributed by atoms with Gasteiger partial charge in [0, 0.05) is 30.8 Å². The lowest BCUT2D eigenvalue weighted by Gasteiger charge is -2.11. The molecule has 178 valence electrons. The number of anilines is 1. The first-order valence-electron chi connectivity index (χ1n) is 11.2. The van der Waals surface area contributed by atoms with E-state index in [9.17, 15) is 4.79 Å². The fraction of sp³-hybridized carbons (Fsp3) is 0.391. The lowest BCUT2D eigenvalue weighted by molar-refractivity contribution is 0.176. The van der Waals surface area contributed by atoms with Gasteiger partial charge in [0.1, 0.15) is 0 Å². The van der Waals surface area contributed by atoms with E-state index in [2.05, 4.69) is 52.8 Å². The minimum Gasteiger partial charge on any atom is -0.465 e. The van der Waals surface area contributed by atoms with Crippen molar-refractivity contribution in [3.05, 3.63) is 42.2 Å². The van der Waals surface area contributed by atoms with Gasteiger partial charge in [-0.25, -0.2) is 9.78 Å². The van der Waals surface area contributed by atoms with E-state index in [4.69, 9.17) is 5.11 Å². The average molecular weight is 465 g/mol. The van der Waals surface area contributed by atoms with Crippen molar-refractivity contribution in [2.75, 3.05) is 25.6 Å². The molecule has 1 aliphatic carbocycles. The molecular formula is C23H28N8O3. The fourth-order valence-electron chi connectivity index (χ4n) is 3.83. The number of hydrogen-bond acceptors (Lipinski definition) is 8. The number of aromatic nitrogens is 6. The molecule has 0 unspecified atom stereocenters. The van der Waals surface area contributed by atoms with Crippen molar-refractivity contribution in [1.29, 1.82) is 0 Å². The van der Waals surface area contributed by atoms with Crippen molar-refractivity contribution in [2.45, 2.75) is 38.6 Å². The van der Waals surface area contributed by atoms with Crippen LogP contribution in [0.2, 0.25) is 0 Å². The Morgan fingerprint density at radius 1 is 1.18 bits per heavy atom. The van der Waals surface area contributed by atoms with Gasteiger partial charge in [-0.3, -0.25) is 4.98 Å². The van der Waals surface area contributed by atoms with E-state index in [1.54, 1.807) is 10.9 Å². The molecule has 5 rings (SSSR count). The fourth-order valence-corrected chi connectivity index (χ4v) is 3.83. The quantitative estimate of drug-likeness (QED) is 0.367. The summed E-state index contributed by atoms with van der Waals surface area (Å²) in [6.07, 6.45) is 5.61. The van der Waals surface area contributed by atoms with Gasteiger partial charge in [-0.2, -0.15) is 9.67 Å². The second-order valence-corrected chi connectivity index (χ2v) is 8.08. The number of pyridine rings is 1. The highest BCUT2D eigenvalue weighted by Crippen LogP contribution is 2.23. The van der Waals surface area contributed by atoms with E-state index >= 15 is 0 Å². The van der Waals surface area contributed by atoms with Crippen LogP contribution in [0.25, 0.3) is 27.8 Å². The van der Waals surface area contributed by atoms with Crippen LogP contribution in [0, 0.1) is 6.92 Å². The van der Waals surface area contributed by atoms with Crippen LogP contribution in [0.15, 0.2) is 36.5 Å². The monoisotopic (exact) mass is 464 g/mol. The summed E-state index contributed by atoms with van der Waals surface area (Å²) in [5, 5.41) is 23.1. The summed E-state index contributed by atoms with van der Waals surface area (Å²) in [5.74, 6) is 0.644. The van der Waals surface area contributed by atoms with Crippen molar-refractivity contribution >= 4 is 34.1 Å². The van der Waals surface area contributed by atoms with Crippen LogP contribution in [0.5, 0.6) is 0 Å². The van der Waals surface area contributed by atoms with Gasteiger partial charge in [-0.15, -0.1) is 5.10 Å². The van der Waals surface area contributed by atoms with Gasteiger partial charge in [-0.05, 0) is 44.0 Å². The summed E-state index contributed by atoms with van der Waals surface area (Å²) >= 11 is 0. The average Bonchev–Trinajstić information content (AvgIpc) is 3.49. The third kappa shape index (κ3) is 5.73. The van der Waals surface area contributed by atoms with Crippen molar-refractivity contribution in [3.8, 4) is 5.69 Å². The van der Waals surface area contributed by atoms with E-state index < -0.39 is 6.09 Å². The van der Waals surface area contributed by atoms with E-state index in [-0.39, 0.29) is 0 Å².